The van der Waals surface area contributed by atoms with Crippen LogP contribution >= 0.6 is 0 Å². The third-order valence-corrected chi connectivity index (χ3v) is 2.95. The van der Waals surface area contributed by atoms with Crippen LogP contribution in [0.15, 0.2) is 51.7 Å². The molecule has 9 nitrogen and oxygen atoms in total. The molecule has 12 heteroatoms. The summed E-state index contributed by atoms with van der Waals surface area (Å²) in [7, 11) is -5.17. The predicted molar refractivity (Wildman–Crippen MR) is 83.4 cm³/mol. The molecule has 3 aromatic rings. The molecule has 2 aromatic carbocycles. The summed E-state index contributed by atoms with van der Waals surface area (Å²) in [4.78, 5) is 12.0. The van der Waals surface area contributed by atoms with E-state index >= 15 is 0 Å². The second-order valence-electron chi connectivity index (χ2n) is 4.77. The Hall–Kier alpha value is 0.193. The number of benzene rings is 2. The molecule has 0 atom stereocenters. The molecule has 0 bridgehead atoms. The normalized spacial score (nSPS) is 10.1. The maximum Gasteiger partial charge on any atom is 1.00 e. The molecule has 0 saturated heterocycles. The van der Waals surface area contributed by atoms with Gasteiger partial charge in [-0.3, -0.25) is 13.2 Å². The first-order valence-corrected chi connectivity index (χ1v) is 7.84. The number of rotatable bonds is 1. The fraction of sp³-hybridized carbons (Fsp3) is 0. The van der Waals surface area contributed by atoms with Crippen LogP contribution < -0.4 is 108 Å². The fourth-order valence-corrected chi connectivity index (χ4v) is 2.02. The van der Waals surface area contributed by atoms with Crippen LogP contribution in [0.25, 0.3) is 22.3 Å². The van der Waals surface area contributed by atoms with E-state index in [1.807, 2.05) is 0 Å². The first-order chi connectivity index (χ1) is 11.5. The predicted octanol–water partition coefficient (Wildman–Crippen LogP) is -4.75. The Morgan fingerprint density at radius 2 is 1.37 bits per heavy atom. The zero-order valence-corrected chi connectivity index (χ0v) is 21.3. The molecular formula is C15H10K2O9S. The van der Waals surface area contributed by atoms with Gasteiger partial charge in [0.2, 0.25) is 0 Å². The van der Waals surface area contributed by atoms with Gasteiger partial charge >= 0.3 is 103 Å². The second kappa shape index (κ2) is 11.4. The van der Waals surface area contributed by atoms with E-state index in [2.05, 4.69) is 0 Å². The molecule has 0 aliphatic heterocycles. The molecule has 1 heterocycles. The van der Waals surface area contributed by atoms with Gasteiger partial charge in [0.15, 0.2) is 5.43 Å². The Morgan fingerprint density at radius 1 is 0.852 bits per heavy atom. The third kappa shape index (κ3) is 8.61. The van der Waals surface area contributed by atoms with Gasteiger partial charge in [-0.1, -0.05) is 0 Å². The number of phenols is 3. The first-order valence-electron chi connectivity index (χ1n) is 6.50. The van der Waals surface area contributed by atoms with Crippen molar-refractivity contribution in [3.8, 4) is 28.6 Å². The zero-order chi connectivity index (χ0) is 18.8. The maximum absolute atomic E-state index is 12.0. The molecule has 27 heavy (non-hydrogen) atoms. The van der Waals surface area contributed by atoms with E-state index in [0.717, 1.165) is 6.07 Å². The third-order valence-electron chi connectivity index (χ3n) is 2.95. The van der Waals surface area contributed by atoms with Gasteiger partial charge in [0.25, 0.3) is 0 Å². The molecule has 0 radical (unpaired) electrons. The SMILES string of the molecule is O=S(=O)([O-])[O-].O=c1cc(-c2ccc(O)cc2)oc2cc(O)cc(O)c12.[K+].[K+]. The van der Waals surface area contributed by atoms with Crippen molar-refractivity contribution in [2.45, 2.75) is 0 Å². The van der Waals surface area contributed by atoms with Crippen LogP contribution in [0.3, 0.4) is 0 Å². The summed E-state index contributed by atoms with van der Waals surface area (Å²) in [6.45, 7) is 0. The van der Waals surface area contributed by atoms with Gasteiger partial charge in [-0.2, -0.15) is 0 Å². The number of hydrogen-bond donors (Lipinski definition) is 3. The van der Waals surface area contributed by atoms with E-state index in [9.17, 15) is 20.1 Å². The van der Waals surface area contributed by atoms with Crippen molar-refractivity contribution >= 4 is 21.4 Å². The Kier molecular flexibility index (Phi) is 11.5. The minimum atomic E-state index is -5.17. The van der Waals surface area contributed by atoms with Crippen molar-refractivity contribution < 1.29 is 140 Å². The largest absolute Gasteiger partial charge is 1.00 e. The monoisotopic (exact) mass is 444 g/mol. The molecule has 3 N–H and O–H groups in total. The van der Waals surface area contributed by atoms with E-state index in [-0.39, 0.29) is 137 Å². The summed E-state index contributed by atoms with van der Waals surface area (Å²) in [5, 5.41) is 28.4. The van der Waals surface area contributed by atoms with Gasteiger partial charge in [0.05, 0.1) is 0 Å². The van der Waals surface area contributed by atoms with Crippen LogP contribution in [-0.4, -0.2) is 32.8 Å². The Balaban J connectivity index is 0.000000864. The number of phenolic OH excluding ortho intramolecular Hbond substituents is 3. The average Bonchev–Trinajstić information content (AvgIpc) is 2.44. The van der Waals surface area contributed by atoms with Crippen molar-refractivity contribution in [3.63, 3.8) is 0 Å². The molecule has 0 amide bonds. The van der Waals surface area contributed by atoms with E-state index in [0.29, 0.717) is 5.56 Å². The minimum absolute atomic E-state index is 0. The van der Waals surface area contributed by atoms with Crippen LogP contribution in [0.2, 0.25) is 0 Å². The maximum atomic E-state index is 12.0. The molecule has 0 aliphatic carbocycles. The molecule has 132 valence electrons. The molecule has 0 unspecified atom stereocenters. The second-order valence-corrected chi connectivity index (χ2v) is 5.58. The fourth-order valence-electron chi connectivity index (χ4n) is 2.02. The van der Waals surface area contributed by atoms with Gasteiger partial charge in [0, 0.05) is 34.2 Å². The smallest absolute Gasteiger partial charge is 0.759 e. The molecule has 0 aliphatic rings. The van der Waals surface area contributed by atoms with E-state index in [4.69, 9.17) is 21.9 Å². The molecule has 3 rings (SSSR count). The van der Waals surface area contributed by atoms with Gasteiger partial charge in [-0.15, -0.1) is 0 Å². The number of fused-ring (bicyclic) bond motifs is 1. The van der Waals surface area contributed by atoms with Gasteiger partial charge in [-0.25, -0.2) is 0 Å². The van der Waals surface area contributed by atoms with Crippen LogP contribution in [0.4, 0.5) is 0 Å². The van der Waals surface area contributed by atoms with Crippen molar-refractivity contribution in [1.82, 2.24) is 0 Å². The summed E-state index contributed by atoms with van der Waals surface area (Å²) in [5.41, 5.74) is 0.287. The number of aromatic hydroxyl groups is 3. The van der Waals surface area contributed by atoms with Gasteiger partial charge < -0.3 is 28.8 Å². The zero-order valence-electron chi connectivity index (χ0n) is 14.2. The van der Waals surface area contributed by atoms with E-state index in [1.165, 1.54) is 24.3 Å². The topological polar surface area (TPSA) is 171 Å². The van der Waals surface area contributed by atoms with Crippen molar-refractivity contribution in [2.75, 3.05) is 0 Å². The van der Waals surface area contributed by atoms with Crippen molar-refractivity contribution in [3.05, 3.63) is 52.7 Å². The summed E-state index contributed by atoms with van der Waals surface area (Å²) >= 11 is 0. The van der Waals surface area contributed by atoms with Crippen molar-refractivity contribution in [2.24, 2.45) is 0 Å². The van der Waals surface area contributed by atoms with Crippen LogP contribution in [-0.2, 0) is 10.4 Å². The molecular weight excluding hydrogens is 434 g/mol. The number of hydrogen-bond acceptors (Lipinski definition) is 9. The summed E-state index contributed by atoms with van der Waals surface area (Å²) in [6, 6.07) is 9.74. The van der Waals surface area contributed by atoms with Crippen LogP contribution in [0, 0.1) is 0 Å². The first kappa shape index (κ1) is 27.2. The Bertz CT molecular complexity index is 1070. The van der Waals surface area contributed by atoms with Crippen LogP contribution in [0.5, 0.6) is 17.2 Å². The van der Waals surface area contributed by atoms with Crippen molar-refractivity contribution in [1.29, 1.82) is 0 Å². The molecule has 1 aromatic heterocycles. The summed E-state index contributed by atoms with van der Waals surface area (Å²) in [6.07, 6.45) is 0. The van der Waals surface area contributed by atoms with Gasteiger partial charge in [-0.05, 0) is 24.3 Å². The Labute approximate surface area is 238 Å². The quantitative estimate of drug-likeness (QED) is 0.189. The summed E-state index contributed by atoms with van der Waals surface area (Å²) in [5.74, 6) is -0.133. The molecule has 0 fully saturated rings. The van der Waals surface area contributed by atoms with E-state index < -0.39 is 15.8 Å². The summed E-state index contributed by atoms with van der Waals surface area (Å²) < 4.78 is 39.6. The molecule has 0 saturated carbocycles. The van der Waals surface area contributed by atoms with Crippen LogP contribution in [0.1, 0.15) is 0 Å². The average molecular weight is 444 g/mol. The minimum Gasteiger partial charge on any atom is -0.759 e. The molecule has 0 spiro atoms. The van der Waals surface area contributed by atoms with E-state index in [1.54, 1.807) is 12.1 Å². The standard InChI is InChI=1S/C15H10O5.2K.H2O4S/c16-9-3-1-8(2-4-9)13-7-12(19)15-11(18)5-10(17)6-14(15)20-13;;;1-5(2,3)4/h1-7,16-18H;;;(H2,1,2,3,4)/q;2*+1;/p-2. The Morgan fingerprint density at radius 3 is 1.89 bits per heavy atom. The van der Waals surface area contributed by atoms with Gasteiger partial charge in [0.1, 0.15) is 34.0 Å².